The van der Waals surface area contributed by atoms with E-state index < -0.39 is 5.60 Å². The molecule has 0 spiro atoms. The third-order valence-electron chi connectivity index (χ3n) is 5.24. The zero-order valence-electron chi connectivity index (χ0n) is 18.2. The molecule has 4 rings (SSSR count). The minimum absolute atomic E-state index is 0.00826. The van der Waals surface area contributed by atoms with E-state index in [-0.39, 0.29) is 12.2 Å². The van der Waals surface area contributed by atoms with Crippen LogP contribution in [0.4, 0.5) is 0 Å². The zero-order valence-corrected chi connectivity index (χ0v) is 18.2. The largest absolute Gasteiger partial charge is 0.389 e. The number of ketones is 1. The highest BCUT2D eigenvalue weighted by molar-refractivity contribution is 6.06. The molecule has 31 heavy (non-hydrogen) atoms. The summed E-state index contributed by atoms with van der Waals surface area (Å²) in [5.41, 5.74) is 2.85. The van der Waals surface area contributed by atoms with Gasteiger partial charge in [0.25, 0.3) is 0 Å². The number of fused-ring (bicyclic) bond motifs is 3. The van der Waals surface area contributed by atoms with Crippen molar-refractivity contribution in [2.75, 3.05) is 6.54 Å². The first-order chi connectivity index (χ1) is 14.9. The highest BCUT2D eigenvalue weighted by Gasteiger charge is 2.24. The summed E-state index contributed by atoms with van der Waals surface area (Å²) in [5, 5.41) is 14.9. The molecular formula is C25H28N4O2. The number of rotatable bonds is 8. The zero-order chi connectivity index (χ0) is 22.0. The maximum Gasteiger partial charge on any atom is 0.168 e. The van der Waals surface area contributed by atoms with Gasteiger partial charge < -0.3 is 15.0 Å². The molecule has 160 valence electrons. The lowest BCUT2D eigenvalue weighted by Crippen LogP contribution is -2.28. The molecule has 2 N–H and O–H groups in total. The molecule has 2 heterocycles. The van der Waals surface area contributed by atoms with Crippen molar-refractivity contribution >= 4 is 27.7 Å². The molecule has 0 atom stereocenters. The number of nitrogens with one attached hydrogen (secondary N) is 1. The second kappa shape index (κ2) is 8.57. The van der Waals surface area contributed by atoms with Crippen LogP contribution in [0.3, 0.4) is 0 Å². The van der Waals surface area contributed by atoms with Crippen LogP contribution in [0.25, 0.3) is 21.9 Å². The maximum absolute atomic E-state index is 13.0. The van der Waals surface area contributed by atoms with E-state index >= 15 is 0 Å². The third-order valence-corrected chi connectivity index (χ3v) is 5.24. The minimum atomic E-state index is -0.944. The molecule has 0 bridgehead atoms. The van der Waals surface area contributed by atoms with E-state index in [4.69, 9.17) is 9.97 Å². The summed E-state index contributed by atoms with van der Waals surface area (Å²) in [6.07, 6.45) is 0.170. The number of carbonyl (C=O) groups excluding carboxylic acids is 1. The Hall–Kier alpha value is -3.09. The van der Waals surface area contributed by atoms with E-state index in [1.807, 2.05) is 66.1 Å². The van der Waals surface area contributed by atoms with Gasteiger partial charge in [-0.25, -0.2) is 4.98 Å². The number of pyridine rings is 1. The number of nitrogens with zero attached hydrogens (tertiary/aromatic N) is 3. The van der Waals surface area contributed by atoms with Gasteiger partial charge in [-0.05, 0) is 26.5 Å². The second-order valence-electron chi connectivity index (χ2n) is 8.45. The third kappa shape index (κ3) is 4.50. The van der Waals surface area contributed by atoms with E-state index in [1.165, 1.54) is 0 Å². The maximum atomic E-state index is 13.0. The normalized spacial score (nSPS) is 12.0. The molecule has 0 aliphatic rings. The van der Waals surface area contributed by atoms with Crippen LogP contribution in [0.5, 0.6) is 0 Å². The van der Waals surface area contributed by atoms with Crippen LogP contribution in [-0.2, 0) is 19.5 Å². The number of hydrogen-bond donors (Lipinski definition) is 2. The van der Waals surface area contributed by atoms with Crippen LogP contribution >= 0.6 is 0 Å². The number of Topliss-reactive ketones (excluding diaryl/α,β-unsaturated/α-hetero) is 1. The molecular weight excluding hydrogens is 388 g/mol. The Morgan fingerprint density at radius 2 is 1.77 bits per heavy atom. The predicted octanol–water partition coefficient (Wildman–Crippen LogP) is 3.89. The summed E-state index contributed by atoms with van der Waals surface area (Å²) in [6.45, 7) is 7.34. The predicted molar refractivity (Wildman–Crippen MR) is 123 cm³/mol. The molecule has 0 aliphatic carbocycles. The van der Waals surface area contributed by atoms with Crippen molar-refractivity contribution in [2.24, 2.45) is 0 Å². The van der Waals surface area contributed by atoms with Crippen molar-refractivity contribution in [3.63, 3.8) is 0 Å². The Kier molecular flexibility index (Phi) is 5.85. The Balaban J connectivity index is 1.94. The quantitative estimate of drug-likeness (QED) is 0.426. The number of carbonyl (C=O) groups is 1. The molecule has 0 saturated heterocycles. The summed E-state index contributed by atoms with van der Waals surface area (Å²) in [6, 6.07) is 17.1. The van der Waals surface area contributed by atoms with Crippen LogP contribution in [0.15, 0.2) is 54.6 Å². The molecule has 2 aromatic heterocycles. The number of benzene rings is 2. The molecule has 0 fully saturated rings. The van der Waals surface area contributed by atoms with Crippen LogP contribution in [0.2, 0.25) is 0 Å². The number of hydrogen-bond acceptors (Lipinski definition) is 5. The van der Waals surface area contributed by atoms with Crippen molar-refractivity contribution in [1.29, 1.82) is 0 Å². The van der Waals surface area contributed by atoms with Crippen molar-refractivity contribution in [3.05, 3.63) is 71.7 Å². The highest BCUT2D eigenvalue weighted by atomic mass is 16.3. The first kappa shape index (κ1) is 21.2. The molecule has 0 unspecified atom stereocenters. The smallest absolute Gasteiger partial charge is 0.168 e. The van der Waals surface area contributed by atoms with E-state index in [2.05, 4.69) is 5.32 Å². The summed E-state index contributed by atoms with van der Waals surface area (Å²) in [7, 11) is 0. The fraction of sp³-hybridized carbons (Fsp3) is 0.320. The van der Waals surface area contributed by atoms with E-state index in [0.717, 1.165) is 34.3 Å². The number of imidazole rings is 1. The lowest BCUT2D eigenvalue weighted by molar-refractivity contribution is 0.0617. The summed E-state index contributed by atoms with van der Waals surface area (Å²) in [5.74, 6) is 0.833. The van der Waals surface area contributed by atoms with Crippen molar-refractivity contribution in [3.8, 4) is 0 Å². The Morgan fingerprint density at radius 3 is 2.48 bits per heavy atom. The van der Waals surface area contributed by atoms with Crippen LogP contribution in [0.1, 0.15) is 42.6 Å². The average Bonchev–Trinajstić information content (AvgIpc) is 3.10. The van der Waals surface area contributed by atoms with Gasteiger partial charge >= 0.3 is 0 Å². The minimum Gasteiger partial charge on any atom is -0.389 e. The first-order valence-corrected chi connectivity index (χ1v) is 10.7. The Labute approximate surface area is 182 Å². The highest BCUT2D eigenvalue weighted by Crippen LogP contribution is 2.29. The van der Waals surface area contributed by atoms with Gasteiger partial charge in [-0.2, -0.15) is 0 Å². The molecule has 6 nitrogen and oxygen atoms in total. The topological polar surface area (TPSA) is 80.0 Å². The van der Waals surface area contributed by atoms with Gasteiger partial charge in [-0.1, -0.05) is 55.5 Å². The SMILES string of the molecule is CCNCc1nc2c3ccccc3nc(CC(=O)c3ccccc3)c2n1CC(C)(C)O. The molecule has 0 radical (unpaired) electrons. The summed E-state index contributed by atoms with van der Waals surface area (Å²) < 4.78 is 2.02. The fourth-order valence-electron chi connectivity index (χ4n) is 3.88. The fourth-order valence-corrected chi connectivity index (χ4v) is 3.88. The first-order valence-electron chi connectivity index (χ1n) is 10.7. The number of aromatic nitrogens is 3. The summed E-state index contributed by atoms with van der Waals surface area (Å²) >= 11 is 0. The van der Waals surface area contributed by atoms with E-state index in [0.29, 0.717) is 24.3 Å². The van der Waals surface area contributed by atoms with Gasteiger partial charge in [0, 0.05) is 10.9 Å². The van der Waals surface area contributed by atoms with Gasteiger partial charge in [-0.15, -0.1) is 0 Å². The molecule has 0 saturated carbocycles. The summed E-state index contributed by atoms with van der Waals surface area (Å²) in [4.78, 5) is 22.8. The van der Waals surface area contributed by atoms with Crippen LogP contribution < -0.4 is 5.32 Å². The van der Waals surface area contributed by atoms with E-state index in [1.54, 1.807) is 13.8 Å². The molecule has 0 aliphatic heterocycles. The lowest BCUT2D eigenvalue weighted by atomic mass is 10.0. The molecule has 6 heteroatoms. The lowest BCUT2D eigenvalue weighted by Gasteiger charge is -2.21. The molecule has 2 aromatic carbocycles. The monoisotopic (exact) mass is 416 g/mol. The van der Waals surface area contributed by atoms with Gasteiger partial charge in [-0.3, -0.25) is 9.78 Å². The van der Waals surface area contributed by atoms with Gasteiger partial charge in [0.1, 0.15) is 11.3 Å². The molecule has 4 aromatic rings. The van der Waals surface area contributed by atoms with Crippen molar-refractivity contribution < 1.29 is 9.90 Å². The average molecular weight is 417 g/mol. The van der Waals surface area contributed by atoms with Crippen LogP contribution in [0, 0.1) is 0 Å². The second-order valence-corrected chi connectivity index (χ2v) is 8.45. The standard InChI is InChI=1S/C25H28N4O2/c1-4-26-15-22-28-23-18-12-8-9-13-19(18)27-20(24(23)29(22)16-25(2,3)31)14-21(30)17-10-6-5-7-11-17/h5-13,26,31H,4,14-16H2,1-3H3. The van der Waals surface area contributed by atoms with Gasteiger partial charge in [0.15, 0.2) is 5.78 Å². The van der Waals surface area contributed by atoms with Crippen LogP contribution in [-0.4, -0.2) is 37.6 Å². The van der Waals surface area contributed by atoms with Gasteiger partial charge in [0.2, 0.25) is 0 Å². The Bertz CT molecular complexity index is 1220. The Morgan fingerprint density at radius 1 is 1.06 bits per heavy atom. The van der Waals surface area contributed by atoms with Crippen molar-refractivity contribution in [2.45, 2.75) is 45.9 Å². The molecule has 0 amide bonds. The van der Waals surface area contributed by atoms with Gasteiger partial charge in [0.05, 0.1) is 41.8 Å². The van der Waals surface area contributed by atoms with Crippen molar-refractivity contribution in [1.82, 2.24) is 19.9 Å². The number of para-hydroxylation sites is 1. The van der Waals surface area contributed by atoms with E-state index in [9.17, 15) is 9.90 Å². The number of aliphatic hydroxyl groups is 1.